The molecular weight excluding hydrogens is 268 g/mol. The molecule has 5 heteroatoms. The molecule has 0 saturated carbocycles. The fourth-order valence-corrected chi connectivity index (χ4v) is 1.67. The largest absolute Gasteiger partial charge is 0.357 e. The molecule has 0 amide bonds. The van der Waals surface area contributed by atoms with E-state index in [1.165, 1.54) is 5.56 Å². The minimum Gasteiger partial charge on any atom is -0.357 e. The van der Waals surface area contributed by atoms with Gasteiger partial charge in [0.25, 0.3) is 0 Å². The molecule has 0 radical (unpaired) electrons. The van der Waals surface area contributed by atoms with Crippen LogP contribution in [-0.2, 0) is 6.54 Å². The van der Waals surface area contributed by atoms with Crippen molar-refractivity contribution in [2.24, 2.45) is 5.10 Å². The van der Waals surface area contributed by atoms with E-state index in [1.54, 1.807) is 23.6 Å². The van der Waals surface area contributed by atoms with Crippen LogP contribution in [0.25, 0.3) is 0 Å². The Labute approximate surface area is 124 Å². The number of aromatic nitrogens is 1. The predicted octanol–water partition coefficient (Wildman–Crippen LogP) is 2.42. The topological polar surface area (TPSA) is 40.5 Å². The van der Waals surface area contributed by atoms with Crippen molar-refractivity contribution in [1.29, 1.82) is 0 Å². The maximum absolute atomic E-state index is 5.28. The zero-order chi connectivity index (χ0) is 14.2. The van der Waals surface area contributed by atoms with Crippen LogP contribution in [0.15, 0.2) is 60.0 Å². The monoisotopic (exact) mass is 284 g/mol. The summed E-state index contributed by atoms with van der Waals surface area (Å²) in [5.41, 5.74) is 2.12. The summed E-state index contributed by atoms with van der Waals surface area (Å²) in [6, 6.07) is 13.9. The van der Waals surface area contributed by atoms with Gasteiger partial charge < -0.3 is 5.32 Å². The number of nitrogens with zero attached hydrogens (tertiary/aromatic N) is 3. The summed E-state index contributed by atoms with van der Waals surface area (Å²) in [6.45, 7) is 0.687. The van der Waals surface area contributed by atoms with E-state index in [9.17, 15) is 0 Å². The highest BCUT2D eigenvalue weighted by molar-refractivity contribution is 7.80. The molecule has 0 atom stereocenters. The van der Waals surface area contributed by atoms with Crippen LogP contribution in [0.3, 0.4) is 0 Å². The van der Waals surface area contributed by atoms with Crippen molar-refractivity contribution < 1.29 is 0 Å². The van der Waals surface area contributed by atoms with Crippen molar-refractivity contribution in [2.75, 3.05) is 7.05 Å². The van der Waals surface area contributed by atoms with E-state index in [4.69, 9.17) is 12.2 Å². The Hall–Kier alpha value is -2.27. The summed E-state index contributed by atoms with van der Waals surface area (Å²) < 4.78 is 0. The first kappa shape index (κ1) is 14.1. The molecule has 2 aromatic rings. The Balaban J connectivity index is 1.85. The van der Waals surface area contributed by atoms with Crippen LogP contribution in [0, 0.1) is 0 Å². The van der Waals surface area contributed by atoms with Gasteiger partial charge in [0.2, 0.25) is 0 Å². The van der Waals surface area contributed by atoms with Gasteiger partial charge in [0.15, 0.2) is 5.11 Å². The average Bonchev–Trinajstić information content (AvgIpc) is 2.52. The van der Waals surface area contributed by atoms with Crippen molar-refractivity contribution >= 4 is 23.5 Å². The Kier molecular flexibility index (Phi) is 5.20. The van der Waals surface area contributed by atoms with Gasteiger partial charge in [-0.1, -0.05) is 36.4 Å². The number of hydrogen-bond acceptors (Lipinski definition) is 3. The quantitative estimate of drug-likeness (QED) is 0.532. The first-order chi connectivity index (χ1) is 9.75. The summed E-state index contributed by atoms with van der Waals surface area (Å²) in [5, 5.41) is 9.64. The van der Waals surface area contributed by atoms with Gasteiger partial charge in [0.1, 0.15) is 0 Å². The zero-order valence-electron chi connectivity index (χ0n) is 11.2. The highest BCUT2D eigenvalue weighted by Crippen LogP contribution is 1.98. The Morgan fingerprint density at radius 3 is 2.80 bits per heavy atom. The van der Waals surface area contributed by atoms with E-state index in [2.05, 4.69) is 27.5 Å². The zero-order valence-corrected chi connectivity index (χ0v) is 12.0. The summed E-state index contributed by atoms with van der Waals surface area (Å²) in [4.78, 5) is 4.03. The predicted molar refractivity (Wildman–Crippen MR) is 85.5 cm³/mol. The van der Waals surface area contributed by atoms with Crippen LogP contribution in [-0.4, -0.2) is 28.4 Å². The van der Waals surface area contributed by atoms with Gasteiger partial charge in [-0.3, -0.25) is 4.98 Å². The number of thiocarbonyl (C=S) groups is 1. The number of rotatable bonds is 4. The van der Waals surface area contributed by atoms with Crippen molar-refractivity contribution in [3.63, 3.8) is 0 Å². The van der Waals surface area contributed by atoms with Crippen molar-refractivity contribution in [3.05, 3.63) is 66.0 Å². The molecule has 102 valence electrons. The van der Waals surface area contributed by atoms with E-state index < -0.39 is 0 Å². The average molecular weight is 284 g/mol. The SMILES string of the molecule is CN(/N=C\c1cccnc1)C(=S)NCc1ccccc1. The third kappa shape index (κ3) is 4.44. The van der Waals surface area contributed by atoms with Crippen LogP contribution < -0.4 is 5.32 Å². The highest BCUT2D eigenvalue weighted by Gasteiger charge is 2.01. The van der Waals surface area contributed by atoms with Gasteiger partial charge in [-0.25, -0.2) is 5.01 Å². The second-order valence-corrected chi connectivity index (χ2v) is 4.59. The molecule has 0 aliphatic heterocycles. The lowest BCUT2D eigenvalue weighted by atomic mass is 10.2. The Bertz CT molecular complexity index is 569. The molecule has 0 bridgehead atoms. The Morgan fingerprint density at radius 1 is 1.30 bits per heavy atom. The first-order valence-corrected chi connectivity index (χ1v) is 6.66. The molecule has 0 aliphatic carbocycles. The van der Waals surface area contributed by atoms with E-state index in [1.807, 2.05) is 37.4 Å². The molecule has 0 aliphatic rings. The lowest BCUT2D eigenvalue weighted by Gasteiger charge is -2.15. The van der Waals surface area contributed by atoms with Crippen LogP contribution in [0.1, 0.15) is 11.1 Å². The van der Waals surface area contributed by atoms with Gasteiger partial charge in [0, 0.05) is 31.5 Å². The van der Waals surface area contributed by atoms with Crippen molar-refractivity contribution in [3.8, 4) is 0 Å². The highest BCUT2D eigenvalue weighted by atomic mass is 32.1. The molecule has 2 rings (SSSR count). The molecule has 0 saturated heterocycles. The molecule has 1 heterocycles. The third-order valence-electron chi connectivity index (χ3n) is 2.64. The van der Waals surface area contributed by atoms with Crippen molar-refractivity contribution in [1.82, 2.24) is 15.3 Å². The molecule has 0 spiro atoms. The fraction of sp³-hybridized carbons (Fsp3) is 0.133. The molecule has 1 aromatic carbocycles. The second-order valence-electron chi connectivity index (χ2n) is 4.20. The van der Waals surface area contributed by atoms with Crippen LogP contribution in [0.4, 0.5) is 0 Å². The molecule has 1 aromatic heterocycles. The van der Waals surface area contributed by atoms with Crippen LogP contribution >= 0.6 is 12.2 Å². The van der Waals surface area contributed by atoms with Crippen molar-refractivity contribution in [2.45, 2.75) is 6.54 Å². The van der Waals surface area contributed by atoms with Crippen LogP contribution in [0.2, 0.25) is 0 Å². The molecule has 1 N–H and O–H groups in total. The van der Waals surface area contributed by atoms with Gasteiger partial charge in [-0.2, -0.15) is 5.10 Å². The molecule has 20 heavy (non-hydrogen) atoms. The summed E-state index contributed by atoms with van der Waals surface area (Å²) >= 11 is 5.28. The van der Waals surface area contributed by atoms with Gasteiger partial charge in [0.05, 0.1) is 6.21 Å². The number of hydrogen-bond donors (Lipinski definition) is 1. The van der Waals surface area contributed by atoms with E-state index in [0.717, 1.165) is 5.56 Å². The lowest BCUT2D eigenvalue weighted by Crippen LogP contribution is -2.33. The molecular formula is C15H16N4S. The number of nitrogens with one attached hydrogen (secondary N) is 1. The molecule has 0 fully saturated rings. The maximum atomic E-state index is 5.28. The Morgan fingerprint density at radius 2 is 2.10 bits per heavy atom. The minimum atomic E-state index is 0.578. The summed E-state index contributed by atoms with van der Waals surface area (Å²) in [7, 11) is 1.81. The molecule has 0 unspecified atom stereocenters. The number of hydrazone groups is 1. The van der Waals surface area contributed by atoms with Gasteiger partial charge in [-0.15, -0.1) is 0 Å². The fourth-order valence-electron chi connectivity index (χ4n) is 1.55. The first-order valence-electron chi connectivity index (χ1n) is 6.25. The van der Waals surface area contributed by atoms with Crippen LogP contribution in [0.5, 0.6) is 0 Å². The normalized spacial score (nSPS) is 10.4. The number of benzene rings is 1. The lowest BCUT2D eigenvalue weighted by molar-refractivity contribution is 0.532. The number of pyridine rings is 1. The standard InChI is InChI=1S/C15H16N4S/c1-19(18-12-14-8-5-9-16-10-14)15(20)17-11-13-6-3-2-4-7-13/h2-10,12H,11H2,1H3,(H,17,20)/b18-12-. The third-order valence-corrected chi connectivity index (χ3v) is 3.05. The minimum absolute atomic E-state index is 0.578. The maximum Gasteiger partial charge on any atom is 0.189 e. The van der Waals surface area contributed by atoms with Gasteiger partial charge >= 0.3 is 0 Å². The van der Waals surface area contributed by atoms with E-state index in [0.29, 0.717) is 11.7 Å². The smallest absolute Gasteiger partial charge is 0.189 e. The summed E-state index contributed by atoms with van der Waals surface area (Å²) in [6.07, 6.45) is 5.20. The van der Waals surface area contributed by atoms with E-state index >= 15 is 0 Å². The second kappa shape index (κ2) is 7.35. The van der Waals surface area contributed by atoms with Gasteiger partial charge in [-0.05, 0) is 23.8 Å². The van der Waals surface area contributed by atoms with E-state index in [-0.39, 0.29) is 0 Å². The summed E-state index contributed by atoms with van der Waals surface area (Å²) in [5.74, 6) is 0. The molecule has 4 nitrogen and oxygen atoms in total.